The Kier molecular flexibility index (Phi) is 22.9. The first-order valence-electron chi connectivity index (χ1n) is 26.9. The van der Waals surface area contributed by atoms with Gasteiger partial charge in [-0.1, -0.05) is 184 Å². The first-order chi connectivity index (χ1) is 31.7. The smallest absolute Gasteiger partial charge is 0.865 e. The third-order valence-corrected chi connectivity index (χ3v) is 35.4. The van der Waals surface area contributed by atoms with Crippen LogP contribution in [0.4, 0.5) is 0 Å². The van der Waals surface area contributed by atoms with Crippen LogP contribution < -0.4 is 10.2 Å². The Balaban J connectivity index is 0.0000163. The van der Waals surface area contributed by atoms with Gasteiger partial charge in [-0.05, 0) is 133 Å². The van der Waals surface area contributed by atoms with E-state index in [0.717, 1.165) is 74.5 Å². The molecular weight excluding hydrogens is 938 g/mol. The molecule has 69 heavy (non-hydrogen) atoms. The molecule has 0 amide bonds. The Bertz CT molecular complexity index is 2340. The van der Waals surface area contributed by atoms with Crippen LogP contribution >= 0.6 is 0 Å². The average molecular weight is 1030 g/mol. The van der Waals surface area contributed by atoms with E-state index >= 15 is 0 Å². The van der Waals surface area contributed by atoms with Gasteiger partial charge >= 0.3 is 16.5 Å². The zero-order chi connectivity index (χ0) is 52.0. The van der Waals surface area contributed by atoms with Gasteiger partial charge in [0.15, 0.2) is 0 Å². The van der Waals surface area contributed by atoms with Crippen LogP contribution in [0.3, 0.4) is 0 Å². The van der Waals surface area contributed by atoms with Gasteiger partial charge in [-0.15, -0.1) is 16.6 Å². The van der Waals surface area contributed by atoms with Gasteiger partial charge in [-0.2, -0.15) is 0 Å². The molecule has 3 aliphatic heterocycles. The van der Waals surface area contributed by atoms with Crippen molar-refractivity contribution in [1.29, 1.82) is 0 Å². The summed E-state index contributed by atoms with van der Waals surface area (Å²) in [6.45, 7) is 54.8. The molecule has 9 heteroatoms. The minimum Gasteiger partial charge on any atom is -0.865 e. The van der Waals surface area contributed by atoms with E-state index in [4.69, 9.17) is 15.0 Å². The Morgan fingerprint density at radius 2 is 0.623 bits per heavy atom. The molecule has 0 unspecified atom stereocenters. The maximum atomic E-state index is 14.7. The van der Waals surface area contributed by atoms with Gasteiger partial charge < -0.3 is 10.2 Å². The summed E-state index contributed by atoms with van der Waals surface area (Å²) in [7, 11) is -6.71. The quantitative estimate of drug-likeness (QED) is 0.0826. The standard InChI is InChI=1S/C60H95N3O2Si3.Ni/c1-25-46-47(26-2)56(53(58-50(29-5)51(30-6)60(65)63-58)32-35-67(40(13)14,41(15)16)42(17)18)61-55(46)52(31-34-66(37(7)8,38(9)10)39(11)12)57-48(27-3)49(28-4)59(62-57)54(64)33-36-68(43(19)20,44(21)22)45(23)24;/h37-45,64H,25-30H2,1-24H3,(H,63,65);/q;+2/p-2/b55-52-,58-53-,59-54?;. The minimum atomic E-state index is -2.28. The van der Waals surface area contributed by atoms with Gasteiger partial charge in [-0.25, -0.2) is 9.98 Å². The van der Waals surface area contributed by atoms with Gasteiger partial charge in [0.05, 0.1) is 39.7 Å². The van der Waals surface area contributed by atoms with Crippen LogP contribution in [-0.2, 0) is 16.5 Å². The summed E-state index contributed by atoms with van der Waals surface area (Å²) in [4.78, 5) is 16.1. The van der Waals surface area contributed by atoms with E-state index < -0.39 is 24.2 Å². The maximum absolute atomic E-state index is 14.7. The SMILES string of the molecule is CCC1=C(CC)C(=C([O-])C#C[Si](C(C)C)(C(C)C)C(C)C)N=C1/C(C#C[Si](C(C)C)(C(C)C)C(C)C)=C1N=C(/C(C#C[Si](C(C)C)(C(C)C)C(C)C)=C2\N=C([O-])C(CC)=C2CC)C(CC)=C\1CC.[Ni+2]. The summed E-state index contributed by atoms with van der Waals surface area (Å²) in [5.41, 5.74) is 26.6. The molecule has 0 aromatic heterocycles. The fourth-order valence-corrected chi connectivity index (χ4v) is 28.8. The molecular formula is C60H93N3NiO2Si3. The number of hydrogen-bond donors (Lipinski definition) is 0. The molecule has 0 bridgehead atoms. The second kappa shape index (κ2) is 25.5. The fourth-order valence-electron chi connectivity index (χ4n) is 13.2. The Morgan fingerprint density at radius 1 is 0.377 bits per heavy atom. The van der Waals surface area contributed by atoms with Crippen molar-refractivity contribution in [1.82, 2.24) is 0 Å². The number of hydrogen-bond acceptors (Lipinski definition) is 5. The number of aliphatic imine (C=N–C) groups is 3. The van der Waals surface area contributed by atoms with Crippen LogP contribution in [0.1, 0.15) is 205 Å². The zero-order valence-electron chi connectivity index (χ0n) is 47.9. The van der Waals surface area contributed by atoms with Crippen molar-refractivity contribution >= 4 is 41.5 Å². The molecule has 3 heterocycles. The second-order valence-electron chi connectivity index (χ2n) is 22.4. The van der Waals surface area contributed by atoms with E-state index in [-0.39, 0.29) is 28.1 Å². The van der Waals surface area contributed by atoms with Crippen LogP contribution in [0.25, 0.3) is 0 Å². The number of nitrogens with zero attached hydrogens (tertiary/aromatic N) is 3. The maximum Gasteiger partial charge on any atom is 2.00 e. The van der Waals surface area contributed by atoms with Crippen molar-refractivity contribution in [2.75, 3.05) is 0 Å². The van der Waals surface area contributed by atoms with E-state index in [0.29, 0.717) is 86.9 Å². The van der Waals surface area contributed by atoms with Crippen molar-refractivity contribution in [2.45, 2.75) is 255 Å². The first kappa shape index (κ1) is 62.0. The van der Waals surface area contributed by atoms with Crippen molar-refractivity contribution in [3.8, 4) is 34.4 Å². The third-order valence-electron chi connectivity index (χ3n) is 16.5. The van der Waals surface area contributed by atoms with Crippen LogP contribution in [0.15, 0.2) is 82.4 Å². The van der Waals surface area contributed by atoms with E-state index in [1.807, 2.05) is 6.92 Å². The summed E-state index contributed by atoms with van der Waals surface area (Å²) in [5.74, 6) is 10.7. The number of allylic oxidation sites excluding steroid dienone is 8. The van der Waals surface area contributed by atoms with Crippen molar-refractivity contribution < 1.29 is 26.7 Å². The molecule has 0 aliphatic carbocycles. The van der Waals surface area contributed by atoms with Crippen LogP contribution in [0.5, 0.6) is 0 Å². The largest absolute Gasteiger partial charge is 2.00 e. The van der Waals surface area contributed by atoms with Gasteiger partial charge in [0, 0.05) is 0 Å². The van der Waals surface area contributed by atoms with Gasteiger partial charge in [0.25, 0.3) is 0 Å². The van der Waals surface area contributed by atoms with Gasteiger partial charge in [0.2, 0.25) is 0 Å². The molecule has 0 N–H and O–H groups in total. The minimum absolute atomic E-state index is 0. The first-order valence-corrected chi connectivity index (χ1v) is 33.6. The van der Waals surface area contributed by atoms with E-state index in [1.54, 1.807) is 0 Å². The van der Waals surface area contributed by atoms with E-state index in [2.05, 4.69) is 194 Å². The topological polar surface area (TPSA) is 83.2 Å². The Morgan fingerprint density at radius 3 is 0.913 bits per heavy atom. The molecule has 0 aromatic rings. The molecule has 0 radical (unpaired) electrons. The molecule has 0 spiro atoms. The molecule has 3 rings (SSSR count). The predicted octanol–water partition coefficient (Wildman–Crippen LogP) is 15.8. The summed E-state index contributed by atoms with van der Waals surface area (Å²) in [5, 5.41) is 28.5. The normalized spacial score (nSPS) is 18.2. The summed E-state index contributed by atoms with van der Waals surface area (Å²) >= 11 is 0. The van der Waals surface area contributed by atoms with Gasteiger partial charge in [0.1, 0.15) is 24.2 Å². The van der Waals surface area contributed by atoms with E-state index in [1.165, 1.54) is 0 Å². The second-order valence-corrected chi connectivity index (χ2v) is 39.1. The summed E-state index contributed by atoms with van der Waals surface area (Å²) < 4.78 is 0. The van der Waals surface area contributed by atoms with Crippen LogP contribution in [0, 0.1) is 34.4 Å². The molecule has 3 aliphatic rings. The Labute approximate surface area is 437 Å². The molecule has 0 atom stereocenters. The third kappa shape index (κ3) is 11.6. The molecule has 0 aromatic carbocycles. The molecule has 0 fully saturated rings. The van der Waals surface area contributed by atoms with E-state index in [9.17, 15) is 10.2 Å². The Hall–Kier alpha value is -3.13. The van der Waals surface area contributed by atoms with Crippen molar-refractivity contribution in [3.05, 3.63) is 67.4 Å². The fraction of sp³-hybridized carbons (Fsp3) is 0.650. The summed E-state index contributed by atoms with van der Waals surface area (Å²) in [6, 6.07) is 0. The van der Waals surface area contributed by atoms with Crippen molar-refractivity contribution in [2.24, 2.45) is 15.0 Å². The zero-order valence-corrected chi connectivity index (χ0v) is 51.9. The average Bonchev–Trinajstić information content (AvgIpc) is 3.92. The predicted molar refractivity (Wildman–Crippen MR) is 303 cm³/mol. The number of rotatable bonds is 17. The van der Waals surface area contributed by atoms with Gasteiger partial charge in [-0.3, -0.25) is 4.99 Å². The van der Waals surface area contributed by atoms with Crippen molar-refractivity contribution in [3.63, 3.8) is 0 Å². The molecule has 0 saturated carbocycles. The summed E-state index contributed by atoms with van der Waals surface area (Å²) in [6.07, 6.45) is 4.07. The molecule has 5 nitrogen and oxygen atoms in total. The monoisotopic (exact) mass is 1030 g/mol. The van der Waals surface area contributed by atoms with Crippen LogP contribution in [-0.4, -0.2) is 41.5 Å². The molecule has 0 saturated heterocycles. The van der Waals surface area contributed by atoms with Crippen LogP contribution in [0.2, 0.25) is 49.9 Å². The molecule has 382 valence electrons.